The average molecular weight is 423 g/mol. The van der Waals surface area contributed by atoms with Crippen LogP contribution in [-0.2, 0) is 0 Å². The smallest absolute Gasteiger partial charge is 0.274 e. The van der Waals surface area contributed by atoms with Crippen LogP contribution in [0.2, 0.25) is 0 Å². The number of nitrogens with one attached hydrogen (secondary N) is 2. The summed E-state index contributed by atoms with van der Waals surface area (Å²) in [7, 11) is 0. The van der Waals surface area contributed by atoms with Gasteiger partial charge in [-0.25, -0.2) is 4.68 Å². The van der Waals surface area contributed by atoms with Crippen LogP contribution in [0.25, 0.3) is 16.6 Å². The molecule has 0 saturated carbocycles. The molecule has 4 rings (SSSR count). The van der Waals surface area contributed by atoms with Gasteiger partial charge in [-0.15, -0.1) is 29.9 Å². The van der Waals surface area contributed by atoms with Gasteiger partial charge in [-0.3, -0.25) is 9.78 Å². The van der Waals surface area contributed by atoms with Gasteiger partial charge in [0, 0.05) is 23.7 Å². The number of hydrogen-bond acceptors (Lipinski definition) is 5. The van der Waals surface area contributed by atoms with E-state index in [9.17, 15) is 4.79 Å². The normalized spacial score (nSPS) is 18.8. The van der Waals surface area contributed by atoms with E-state index in [0.29, 0.717) is 11.4 Å². The van der Waals surface area contributed by atoms with Crippen molar-refractivity contribution < 1.29 is 4.79 Å². The Morgan fingerprint density at radius 2 is 2.04 bits per heavy atom. The molecule has 150 valence electrons. The zero-order valence-corrected chi connectivity index (χ0v) is 17.4. The predicted octanol–water partition coefficient (Wildman–Crippen LogP) is 2.84. The number of nitrogens with zero attached hydrogens (tertiary/aromatic N) is 4. The molecule has 0 radical (unpaired) electrons. The minimum absolute atomic E-state index is 0. The van der Waals surface area contributed by atoms with Crippen LogP contribution >= 0.6 is 24.8 Å². The lowest BCUT2D eigenvalue weighted by molar-refractivity contribution is 0.0914. The average Bonchev–Trinajstić information content (AvgIpc) is 3.04. The summed E-state index contributed by atoms with van der Waals surface area (Å²) in [6.45, 7) is 4.95. The van der Waals surface area contributed by atoms with E-state index in [1.165, 1.54) is 0 Å². The maximum atomic E-state index is 12.7. The summed E-state index contributed by atoms with van der Waals surface area (Å²) in [6, 6.07) is 10.2. The van der Waals surface area contributed by atoms with Crippen LogP contribution in [0.15, 0.2) is 36.5 Å². The molecule has 1 fully saturated rings. The van der Waals surface area contributed by atoms with Gasteiger partial charge in [0.25, 0.3) is 5.91 Å². The zero-order chi connectivity index (χ0) is 18.1. The lowest BCUT2D eigenvalue weighted by atomic mass is 10.00. The van der Waals surface area contributed by atoms with Crippen LogP contribution in [0.3, 0.4) is 0 Å². The van der Waals surface area contributed by atoms with Crippen molar-refractivity contribution in [2.45, 2.75) is 38.8 Å². The van der Waals surface area contributed by atoms with Crippen LogP contribution in [0, 0.1) is 6.92 Å². The molecule has 1 aliphatic rings. The highest BCUT2D eigenvalue weighted by atomic mass is 35.5. The number of carbonyl (C=O) groups excluding carboxylic acids is 1. The second-order valence-corrected chi connectivity index (χ2v) is 6.75. The Hall–Kier alpha value is -2.22. The van der Waals surface area contributed by atoms with Crippen molar-refractivity contribution in [1.29, 1.82) is 0 Å². The molecule has 0 spiro atoms. The fourth-order valence-corrected chi connectivity index (χ4v) is 3.50. The van der Waals surface area contributed by atoms with Crippen molar-refractivity contribution in [3.63, 3.8) is 0 Å². The third kappa shape index (κ3) is 4.11. The molecule has 3 aromatic rings. The fourth-order valence-electron chi connectivity index (χ4n) is 3.50. The van der Waals surface area contributed by atoms with E-state index in [4.69, 9.17) is 0 Å². The Kier molecular flexibility index (Phi) is 7.35. The molecular formula is C19H24Cl2N6O. The van der Waals surface area contributed by atoms with Crippen molar-refractivity contribution in [2.24, 2.45) is 0 Å². The number of fused-ring (bicyclic) bond motifs is 1. The largest absolute Gasteiger partial charge is 0.346 e. The Morgan fingerprint density at radius 3 is 2.82 bits per heavy atom. The van der Waals surface area contributed by atoms with Gasteiger partial charge in [0.05, 0.1) is 16.9 Å². The molecule has 28 heavy (non-hydrogen) atoms. The van der Waals surface area contributed by atoms with Gasteiger partial charge in [0.1, 0.15) is 0 Å². The number of hydrogen-bond donors (Lipinski definition) is 2. The molecule has 7 nitrogen and oxygen atoms in total. The molecule has 0 bridgehead atoms. The molecule has 0 aliphatic carbocycles. The Balaban J connectivity index is 0.00000140. The summed E-state index contributed by atoms with van der Waals surface area (Å²) < 4.78 is 1.69. The molecule has 1 aliphatic heterocycles. The number of aromatic nitrogens is 4. The summed E-state index contributed by atoms with van der Waals surface area (Å²) in [5.74, 6) is -0.178. The fraction of sp³-hybridized carbons (Fsp3) is 0.368. The number of rotatable bonds is 3. The van der Waals surface area contributed by atoms with Crippen LogP contribution in [0.4, 0.5) is 0 Å². The first-order valence-corrected chi connectivity index (χ1v) is 8.96. The van der Waals surface area contributed by atoms with Crippen molar-refractivity contribution in [3.05, 3.63) is 47.9 Å². The number of carbonyl (C=O) groups is 1. The first-order chi connectivity index (χ1) is 12.6. The first-order valence-electron chi connectivity index (χ1n) is 8.96. The number of pyridine rings is 1. The summed E-state index contributed by atoms with van der Waals surface area (Å²) in [6.07, 6.45) is 3.78. The Labute approximate surface area is 176 Å². The van der Waals surface area contributed by atoms with Crippen LogP contribution in [0.5, 0.6) is 0 Å². The summed E-state index contributed by atoms with van der Waals surface area (Å²) >= 11 is 0. The van der Waals surface area contributed by atoms with Crippen molar-refractivity contribution >= 4 is 41.6 Å². The van der Waals surface area contributed by atoms with E-state index < -0.39 is 0 Å². The highest BCUT2D eigenvalue weighted by Gasteiger charge is 2.25. The number of piperidine rings is 1. The summed E-state index contributed by atoms with van der Waals surface area (Å²) in [4.78, 5) is 17.2. The van der Waals surface area contributed by atoms with Crippen LogP contribution < -0.4 is 10.6 Å². The van der Waals surface area contributed by atoms with Crippen molar-refractivity contribution in [1.82, 2.24) is 30.6 Å². The van der Waals surface area contributed by atoms with Gasteiger partial charge >= 0.3 is 0 Å². The molecule has 2 unspecified atom stereocenters. The molecule has 1 amide bonds. The van der Waals surface area contributed by atoms with Crippen LogP contribution in [0.1, 0.15) is 35.9 Å². The maximum Gasteiger partial charge on any atom is 0.274 e. The predicted molar refractivity (Wildman–Crippen MR) is 114 cm³/mol. The van der Waals surface area contributed by atoms with Crippen molar-refractivity contribution in [2.75, 3.05) is 6.54 Å². The second-order valence-electron chi connectivity index (χ2n) is 6.75. The molecule has 3 heterocycles. The molecule has 2 aromatic heterocycles. The summed E-state index contributed by atoms with van der Waals surface area (Å²) in [5, 5.41) is 15.9. The molecule has 2 N–H and O–H groups in total. The second kappa shape index (κ2) is 9.32. The lowest BCUT2D eigenvalue weighted by Gasteiger charge is -2.30. The number of halogens is 2. The third-order valence-electron chi connectivity index (χ3n) is 5.03. The number of benzene rings is 1. The highest BCUT2D eigenvalue weighted by molar-refractivity contribution is 5.94. The van der Waals surface area contributed by atoms with E-state index >= 15 is 0 Å². The highest BCUT2D eigenvalue weighted by Crippen LogP contribution is 2.21. The zero-order valence-electron chi connectivity index (χ0n) is 15.8. The van der Waals surface area contributed by atoms with Gasteiger partial charge in [0.15, 0.2) is 5.69 Å². The van der Waals surface area contributed by atoms with E-state index in [0.717, 1.165) is 36.0 Å². The van der Waals surface area contributed by atoms with E-state index in [2.05, 4.69) is 32.9 Å². The molecule has 1 aromatic carbocycles. The van der Waals surface area contributed by atoms with Gasteiger partial charge in [-0.2, -0.15) is 0 Å². The van der Waals surface area contributed by atoms with E-state index in [-0.39, 0.29) is 42.8 Å². The minimum Gasteiger partial charge on any atom is -0.346 e. The van der Waals surface area contributed by atoms with Gasteiger partial charge < -0.3 is 10.6 Å². The first kappa shape index (κ1) is 22.1. The third-order valence-corrected chi connectivity index (χ3v) is 5.03. The number of para-hydroxylation sites is 1. The van der Waals surface area contributed by atoms with E-state index in [1.807, 2.05) is 37.3 Å². The van der Waals surface area contributed by atoms with Gasteiger partial charge in [-0.05, 0) is 45.4 Å². The maximum absolute atomic E-state index is 12.7. The molecule has 9 heteroatoms. The quantitative estimate of drug-likeness (QED) is 0.677. The lowest BCUT2D eigenvalue weighted by Crippen LogP contribution is -2.52. The standard InChI is InChI=1S/C19H22N6O.2ClH/c1-12-15(8-5-10-20-12)22-19(26)17-13(2)25(24-23-17)16-9-3-6-14-7-4-11-21-18(14)16;;/h3-4,6-7,9,11-12,15,20H,5,8,10H2,1-2H3,(H,22,26);2*1H. The SMILES string of the molecule is Cc1c(C(=O)NC2CCCNC2C)nnn1-c1cccc2cccnc12.Cl.Cl. The Bertz CT molecular complexity index is 955. The van der Waals surface area contributed by atoms with Crippen molar-refractivity contribution in [3.8, 4) is 5.69 Å². The minimum atomic E-state index is -0.178. The topological polar surface area (TPSA) is 84.7 Å². The molecular weight excluding hydrogens is 399 g/mol. The summed E-state index contributed by atoms with van der Waals surface area (Å²) in [5.41, 5.74) is 2.72. The van der Waals surface area contributed by atoms with Gasteiger partial charge in [-0.1, -0.05) is 23.4 Å². The molecule has 1 saturated heterocycles. The number of amides is 1. The molecule has 2 atom stereocenters. The monoisotopic (exact) mass is 422 g/mol. The van der Waals surface area contributed by atoms with Gasteiger partial charge in [0.2, 0.25) is 0 Å². The Morgan fingerprint density at radius 1 is 1.25 bits per heavy atom. The van der Waals surface area contributed by atoms with E-state index in [1.54, 1.807) is 10.9 Å². The van der Waals surface area contributed by atoms with Crippen LogP contribution in [-0.4, -0.2) is 44.5 Å².